The summed E-state index contributed by atoms with van der Waals surface area (Å²) in [5.74, 6) is -1.55. The summed E-state index contributed by atoms with van der Waals surface area (Å²) in [7, 11) is 0. The zero-order valence-corrected chi connectivity index (χ0v) is 13.0. The van der Waals surface area contributed by atoms with Gasteiger partial charge in [-0.15, -0.1) is 11.3 Å². The van der Waals surface area contributed by atoms with Crippen LogP contribution in [0.2, 0.25) is 0 Å². The summed E-state index contributed by atoms with van der Waals surface area (Å²) < 4.78 is 1.70. The molecule has 0 aliphatic heterocycles. The lowest BCUT2D eigenvalue weighted by molar-refractivity contribution is -0.140. The molecule has 2 rings (SSSR count). The molecular formula is C11H9Br2NO3S. The highest BCUT2D eigenvalue weighted by Gasteiger charge is 2.26. The maximum Gasteiger partial charge on any atom is 0.310 e. The number of aliphatic carboxylic acids is 1. The summed E-state index contributed by atoms with van der Waals surface area (Å²) in [6.45, 7) is 0. The number of hydrogen-bond acceptors (Lipinski definition) is 3. The van der Waals surface area contributed by atoms with Gasteiger partial charge >= 0.3 is 5.97 Å². The van der Waals surface area contributed by atoms with Gasteiger partial charge in [0.15, 0.2) is 0 Å². The van der Waals surface area contributed by atoms with E-state index in [1.807, 2.05) is 0 Å². The Morgan fingerprint density at radius 1 is 1.39 bits per heavy atom. The fraction of sp³-hybridized carbons (Fsp3) is 0.273. The maximum atomic E-state index is 11.9. The first-order valence-electron chi connectivity index (χ1n) is 5.14. The molecule has 1 aliphatic rings. The van der Waals surface area contributed by atoms with E-state index in [1.165, 1.54) is 11.3 Å². The Balaban J connectivity index is 1.97. The van der Waals surface area contributed by atoms with E-state index in [0.717, 1.165) is 8.26 Å². The van der Waals surface area contributed by atoms with Gasteiger partial charge in [0.05, 0.1) is 14.6 Å². The SMILES string of the molecule is O=C(NC1C=CC(C(=O)O)C1)c1cc(Br)c(Br)s1. The van der Waals surface area contributed by atoms with Gasteiger partial charge in [0.1, 0.15) is 0 Å². The van der Waals surface area contributed by atoms with Crippen molar-refractivity contribution in [1.29, 1.82) is 0 Å². The van der Waals surface area contributed by atoms with Gasteiger partial charge in [-0.2, -0.15) is 0 Å². The molecule has 2 atom stereocenters. The lowest BCUT2D eigenvalue weighted by Crippen LogP contribution is -2.32. The van der Waals surface area contributed by atoms with Crippen LogP contribution in [0.15, 0.2) is 26.5 Å². The second-order valence-electron chi connectivity index (χ2n) is 3.88. The maximum absolute atomic E-state index is 11.9. The van der Waals surface area contributed by atoms with Crippen molar-refractivity contribution in [3.05, 3.63) is 31.4 Å². The van der Waals surface area contributed by atoms with Gasteiger partial charge < -0.3 is 10.4 Å². The molecule has 1 aliphatic carbocycles. The summed E-state index contributed by atoms with van der Waals surface area (Å²) in [4.78, 5) is 23.3. The molecule has 0 fully saturated rings. The van der Waals surface area contributed by atoms with Crippen LogP contribution in [0.3, 0.4) is 0 Å². The van der Waals surface area contributed by atoms with E-state index >= 15 is 0 Å². The molecule has 0 aromatic carbocycles. The molecule has 1 aromatic heterocycles. The molecule has 7 heteroatoms. The fourth-order valence-corrected chi connectivity index (χ4v) is 3.63. The van der Waals surface area contributed by atoms with Gasteiger partial charge in [0.25, 0.3) is 5.91 Å². The molecule has 1 amide bonds. The van der Waals surface area contributed by atoms with Gasteiger partial charge in [-0.25, -0.2) is 0 Å². The van der Waals surface area contributed by atoms with Crippen LogP contribution < -0.4 is 5.32 Å². The minimum atomic E-state index is -0.857. The molecule has 4 nitrogen and oxygen atoms in total. The highest BCUT2D eigenvalue weighted by Crippen LogP contribution is 2.32. The Hall–Kier alpha value is -0.660. The number of carbonyl (C=O) groups excluding carboxylic acids is 1. The molecule has 0 spiro atoms. The average molecular weight is 395 g/mol. The predicted molar refractivity (Wildman–Crippen MR) is 75.9 cm³/mol. The third kappa shape index (κ3) is 3.02. The number of hydrogen-bond donors (Lipinski definition) is 2. The number of nitrogens with one attached hydrogen (secondary N) is 1. The van der Waals surface area contributed by atoms with Crippen molar-refractivity contribution in [3.8, 4) is 0 Å². The summed E-state index contributed by atoms with van der Waals surface area (Å²) >= 11 is 7.97. The molecule has 2 N–H and O–H groups in total. The zero-order chi connectivity index (χ0) is 13.3. The van der Waals surface area contributed by atoms with Crippen molar-refractivity contribution in [2.45, 2.75) is 12.5 Å². The van der Waals surface area contributed by atoms with Crippen molar-refractivity contribution in [1.82, 2.24) is 5.32 Å². The normalized spacial score (nSPS) is 22.1. The fourth-order valence-electron chi connectivity index (χ4n) is 1.69. The highest BCUT2D eigenvalue weighted by atomic mass is 79.9. The minimum Gasteiger partial charge on any atom is -0.481 e. The lowest BCUT2D eigenvalue weighted by atomic mass is 10.1. The van der Waals surface area contributed by atoms with Crippen LogP contribution in [-0.4, -0.2) is 23.0 Å². The van der Waals surface area contributed by atoms with Crippen LogP contribution in [0.4, 0.5) is 0 Å². The van der Waals surface area contributed by atoms with Gasteiger partial charge in [-0.3, -0.25) is 9.59 Å². The number of thiophene rings is 1. The quantitative estimate of drug-likeness (QED) is 0.774. The molecule has 0 saturated carbocycles. The van der Waals surface area contributed by atoms with E-state index in [0.29, 0.717) is 11.3 Å². The Morgan fingerprint density at radius 3 is 2.61 bits per heavy atom. The monoisotopic (exact) mass is 393 g/mol. The van der Waals surface area contributed by atoms with Gasteiger partial charge in [-0.1, -0.05) is 12.2 Å². The van der Waals surface area contributed by atoms with Gasteiger partial charge in [0, 0.05) is 10.5 Å². The molecule has 0 saturated heterocycles. The van der Waals surface area contributed by atoms with E-state index in [1.54, 1.807) is 18.2 Å². The van der Waals surface area contributed by atoms with Crippen LogP contribution in [0, 0.1) is 5.92 Å². The summed E-state index contributed by atoms with van der Waals surface area (Å²) in [6, 6.07) is 1.52. The van der Waals surface area contributed by atoms with Crippen LogP contribution >= 0.6 is 43.2 Å². The average Bonchev–Trinajstić information content (AvgIpc) is 2.87. The van der Waals surface area contributed by atoms with Gasteiger partial charge in [-0.05, 0) is 44.3 Å². The highest BCUT2D eigenvalue weighted by molar-refractivity contribution is 9.13. The molecule has 96 valence electrons. The Bertz CT molecular complexity index is 507. The third-order valence-electron chi connectivity index (χ3n) is 2.59. The first-order chi connectivity index (χ1) is 8.47. The Labute approximate surface area is 124 Å². The first kappa shape index (κ1) is 13.8. The van der Waals surface area contributed by atoms with E-state index in [4.69, 9.17) is 5.11 Å². The topological polar surface area (TPSA) is 66.4 Å². The van der Waals surface area contributed by atoms with Crippen molar-refractivity contribution in [2.75, 3.05) is 0 Å². The summed E-state index contributed by atoms with van der Waals surface area (Å²) in [5.41, 5.74) is 0. The summed E-state index contributed by atoms with van der Waals surface area (Å²) in [5, 5.41) is 11.6. The number of carbonyl (C=O) groups is 2. The molecule has 1 heterocycles. The van der Waals surface area contributed by atoms with Crippen LogP contribution in [0.5, 0.6) is 0 Å². The number of halogens is 2. The number of amides is 1. The number of carboxylic acids is 1. The number of rotatable bonds is 3. The van der Waals surface area contributed by atoms with Crippen LogP contribution in [-0.2, 0) is 4.79 Å². The van der Waals surface area contributed by atoms with E-state index in [9.17, 15) is 9.59 Å². The predicted octanol–water partition coefficient (Wildman–Crippen LogP) is 3.03. The summed E-state index contributed by atoms with van der Waals surface area (Å²) in [6.07, 6.45) is 3.76. The molecule has 18 heavy (non-hydrogen) atoms. The molecule has 0 radical (unpaired) electrons. The first-order valence-corrected chi connectivity index (χ1v) is 7.54. The second kappa shape index (κ2) is 5.54. The Kier molecular flexibility index (Phi) is 4.24. The second-order valence-corrected chi connectivity index (χ2v) is 7.10. The van der Waals surface area contributed by atoms with Gasteiger partial charge in [0.2, 0.25) is 0 Å². The molecule has 2 unspecified atom stereocenters. The third-order valence-corrected chi connectivity index (χ3v) is 5.84. The van der Waals surface area contributed by atoms with Crippen molar-refractivity contribution in [3.63, 3.8) is 0 Å². The standard InChI is InChI=1S/C11H9Br2NO3S/c12-7-4-8(18-9(7)13)10(15)14-6-2-1-5(3-6)11(16)17/h1-2,4-6H,3H2,(H,14,15)(H,16,17). The smallest absolute Gasteiger partial charge is 0.310 e. The van der Waals surface area contributed by atoms with Crippen LogP contribution in [0.1, 0.15) is 16.1 Å². The minimum absolute atomic E-state index is 0.188. The lowest BCUT2D eigenvalue weighted by Gasteiger charge is -2.10. The van der Waals surface area contributed by atoms with E-state index in [-0.39, 0.29) is 11.9 Å². The van der Waals surface area contributed by atoms with Crippen molar-refractivity contribution >= 4 is 55.1 Å². The molecular weight excluding hydrogens is 386 g/mol. The largest absolute Gasteiger partial charge is 0.481 e. The van der Waals surface area contributed by atoms with Crippen molar-refractivity contribution in [2.24, 2.45) is 5.92 Å². The van der Waals surface area contributed by atoms with Crippen molar-refractivity contribution < 1.29 is 14.7 Å². The number of carboxylic acid groups (broad SMARTS) is 1. The van der Waals surface area contributed by atoms with E-state index in [2.05, 4.69) is 37.2 Å². The Morgan fingerprint density at radius 2 is 2.11 bits per heavy atom. The zero-order valence-electron chi connectivity index (χ0n) is 9.02. The van der Waals surface area contributed by atoms with Crippen LogP contribution in [0.25, 0.3) is 0 Å². The van der Waals surface area contributed by atoms with E-state index < -0.39 is 11.9 Å². The molecule has 1 aromatic rings. The molecule has 0 bridgehead atoms.